The number of carboxylic acid groups (broad SMARTS) is 1. The molecule has 0 spiro atoms. The zero-order valence-electron chi connectivity index (χ0n) is 15.6. The minimum Gasteiger partial charge on any atom is -0.481 e. The normalized spacial score (nSPS) is 16.8. The molecule has 0 bridgehead atoms. The van der Waals surface area contributed by atoms with Gasteiger partial charge in [0.15, 0.2) is 0 Å². The lowest BCUT2D eigenvalue weighted by Gasteiger charge is -2.35. The van der Waals surface area contributed by atoms with Crippen LogP contribution in [0.2, 0.25) is 0 Å². The van der Waals surface area contributed by atoms with Crippen LogP contribution in [0.5, 0.6) is 0 Å². The van der Waals surface area contributed by atoms with Crippen molar-refractivity contribution in [2.75, 3.05) is 32.7 Å². The zero-order valence-corrected chi connectivity index (χ0v) is 15.6. The Morgan fingerprint density at radius 2 is 1.81 bits per heavy atom. The third-order valence-corrected chi connectivity index (χ3v) is 4.64. The van der Waals surface area contributed by atoms with E-state index < -0.39 is 5.97 Å². The summed E-state index contributed by atoms with van der Waals surface area (Å²) < 4.78 is 0. The summed E-state index contributed by atoms with van der Waals surface area (Å²) in [5.74, 6) is -0.807. The van der Waals surface area contributed by atoms with E-state index in [2.05, 4.69) is 34.5 Å². The van der Waals surface area contributed by atoms with Gasteiger partial charge in [0, 0.05) is 38.8 Å². The van der Waals surface area contributed by atoms with Gasteiger partial charge in [-0.25, -0.2) is 4.79 Å². The number of nitrogens with one attached hydrogen (secondary N) is 1. The van der Waals surface area contributed by atoms with E-state index >= 15 is 0 Å². The van der Waals surface area contributed by atoms with Gasteiger partial charge in [-0.3, -0.25) is 9.69 Å². The van der Waals surface area contributed by atoms with Crippen LogP contribution >= 0.6 is 0 Å². The molecule has 142 valence electrons. The molecule has 26 heavy (non-hydrogen) atoms. The second-order valence-electron chi connectivity index (χ2n) is 7.00. The minimum absolute atomic E-state index is 0.0480. The van der Waals surface area contributed by atoms with E-state index in [-0.39, 0.29) is 24.4 Å². The molecule has 2 rings (SSSR count). The molecule has 1 fully saturated rings. The number of piperazine rings is 1. The van der Waals surface area contributed by atoms with Gasteiger partial charge < -0.3 is 15.3 Å². The number of aliphatic carboxylic acids is 1. The molecule has 2 N–H and O–H groups in total. The Hall–Kier alpha value is -2.34. The summed E-state index contributed by atoms with van der Waals surface area (Å²) in [5.41, 5.74) is 1.18. The van der Waals surface area contributed by atoms with Gasteiger partial charge in [-0.05, 0) is 11.5 Å². The lowest BCUT2D eigenvalue weighted by molar-refractivity contribution is -0.137. The maximum Gasteiger partial charge on any atom is 0.317 e. The van der Waals surface area contributed by atoms with Crippen LogP contribution < -0.4 is 5.32 Å². The largest absolute Gasteiger partial charge is 0.481 e. The van der Waals surface area contributed by atoms with Crippen LogP contribution in [0.15, 0.2) is 36.4 Å². The number of carboxylic acids is 1. The average molecular weight is 359 g/mol. The fourth-order valence-electron chi connectivity index (χ4n) is 2.93. The molecule has 1 aromatic rings. The van der Waals surface area contributed by atoms with Gasteiger partial charge >= 0.3 is 12.0 Å². The monoisotopic (exact) mass is 359 g/mol. The van der Waals surface area contributed by atoms with E-state index in [1.54, 1.807) is 4.90 Å². The lowest BCUT2D eigenvalue weighted by atomic mass is 10.0. The van der Waals surface area contributed by atoms with E-state index in [0.717, 1.165) is 19.6 Å². The van der Waals surface area contributed by atoms with Gasteiger partial charge in [-0.15, -0.1) is 0 Å². The average Bonchev–Trinajstić information content (AvgIpc) is 2.62. The van der Waals surface area contributed by atoms with Crippen LogP contribution in [0.1, 0.15) is 25.8 Å². The Bertz CT molecular complexity index is 608. The molecule has 0 saturated carbocycles. The fraction of sp³-hybridized carbons (Fsp3) is 0.500. The molecular weight excluding hydrogens is 330 g/mol. The Labute approximate surface area is 155 Å². The van der Waals surface area contributed by atoms with E-state index in [9.17, 15) is 9.59 Å². The van der Waals surface area contributed by atoms with Crippen molar-refractivity contribution >= 4 is 18.1 Å². The Balaban J connectivity index is 1.75. The van der Waals surface area contributed by atoms with Crippen molar-refractivity contribution in [1.82, 2.24) is 15.1 Å². The predicted octanol–water partition coefficient (Wildman–Crippen LogP) is 2.53. The Kier molecular flexibility index (Phi) is 7.66. The molecule has 6 heteroatoms. The molecule has 1 heterocycles. The molecule has 1 aliphatic rings. The van der Waals surface area contributed by atoms with Crippen molar-refractivity contribution in [3.05, 3.63) is 42.0 Å². The SMILES string of the molecule is CC(C)C(CC(=O)O)NC(=O)N1CCN(C/C=C/c2ccccc2)CC1. The number of nitrogens with zero attached hydrogens (tertiary/aromatic N) is 2. The molecule has 2 amide bonds. The maximum atomic E-state index is 12.4. The Morgan fingerprint density at radius 1 is 1.15 bits per heavy atom. The number of benzene rings is 1. The van der Waals surface area contributed by atoms with Gasteiger partial charge in [-0.2, -0.15) is 0 Å². The first kappa shape index (κ1) is 20.0. The minimum atomic E-state index is -0.890. The van der Waals surface area contributed by atoms with Crippen LogP contribution in [-0.4, -0.2) is 65.7 Å². The second kappa shape index (κ2) is 9.97. The molecule has 1 unspecified atom stereocenters. The Morgan fingerprint density at radius 3 is 2.38 bits per heavy atom. The van der Waals surface area contributed by atoms with Crippen LogP contribution in [-0.2, 0) is 4.79 Å². The van der Waals surface area contributed by atoms with E-state index in [1.165, 1.54) is 5.56 Å². The maximum absolute atomic E-state index is 12.4. The standard InChI is InChI=1S/C20H29N3O3/c1-16(2)18(15-19(24)25)21-20(26)23-13-11-22(12-14-23)10-6-9-17-7-4-3-5-8-17/h3-9,16,18H,10-15H2,1-2H3,(H,21,26)(H,24,25)/b9-6+. The number of carbonyl (C=O) groups is 2. The number of hydrogen-bond acceptors (Lipinski definition) is 3. The van der Waals surface area contributed by atoms with Crippen molar-refractivity contribution in [2.24, 2.45) is 5.92 Å². The first-order chi connectivity index (χ1) is 12.5. The summed E-state index contributed by atoms with van der Waals surface area (Å²) in [5, 5.41) is 11.8. The molecule has 0 radical (unpaired) electrons. The topological polar surface area (TPSA) is 72.9 Å². The van der Waals surface area contributed by atoms with Gasteiger partial charge in [0.25, 0.3) is 0 Å². The van der Waals surface area contributed by atoms with Crippen molar-refractivity contribution in [3.8, 4) is 0 Å². The van der Waals surface area contributed by atoms with Crippen LogP contribution in [0.3, 0.4) is 0 Å². The molecular formula is C20H29N3O3. The second-order valence-corrected chi connectivity index (χ2v) is 7.00. The lowest BCUT2D eigenvalue weighted by Crippen LogP contribution is -2.54. The fourth-order valence-corrected chi connectivity index (χ4v) is 2.93. The smallest absolute Gasteiger partial charge is 0.317 e. The highest BCUT2D eigenvalue weighted by atomic mass is 16.4. The summed E-state index contributed by atoms with van der Waals surface area (Å²) in [7, 11) is 0. The highest BCUT2D eigenvalue weighted by Gasteiger charge is 2.25. The van der Waals surface area contributed by atoms with Gasteiger partial charge in [0.1, 0.15) is 0 Å². The predicted molar refractivity (Wildman–Crippen MR) is 103 cm³/mol. The molecule has 1 atom stereocenters. The summed E-state index contributed by atoms with van der Waals surface area (Å²) in [6, 6.07) is 9.68. The van der Waals surface area contributed by atoms with Crippen molar-refractivity contribution in [1.29, 1.82) is 0 Å². The number of carbonyl (C=O) groups excluding carboxylic acids is 1. The number of urea groups is 1. The first-order valence-corrected chi connectivity index (χ1v) is 9.17. The van der Waals surface area contributed by atoms with Crippen molar-refractivity contribution in [3.63, 3.8) is 0 Å². The molecule has 1 aromatic carbocycles. The molecule has 6 nitrogen and oxygen atoms in total. The zero-order chi connectivity index (χ0) is 18.9. The van der Waals surface area contributed by atoms with Gasteiger partial charge in [0.2, 0.25) is 0 Å². The third-order valence-electron chi connectivity index (χ3n) is 4.64. The van der Waals surface area contributed by atoms with E-state index in [0.29, 0.717) is 13.1 Å². The van der Waals surface area contributed by atoms with Crippen LogP contribution in [0.25, 0.3) is 6.08 Å². The van der Waals surface area contributed by atoms with Gasteiger partial charge in [0.05, 0.1) is 6.42 Å². The highest BCUT2D eigenvalue weighted by molar-refractivity contribution is 5.76. The van der Waals surface area contributed by atoms with E-state index in [4.69, 9.17) is 5.11 Å². The summed E-state index contributed by atoms with van der Waals surface area (Å²) in [6.07, 6.45) is 4.21. The molecule has 0 aliphatic carbocycles. The van der Waals surface area contributed by atoms with E-state index in [1.807, 2.05) is 32.0 Å². The summed E-state index contributed by atoms with van der Waals surface area (Å²) in [4.78, 5) is 27.4. The molecule has 1 saturated heterocycles. The molecule has 0 aromatic heterocycles. The van der Waals surface area contributed by atoms with Crippen LogP contribution in [0.4, 0.5) is 4.79 Å². The van der Waals surface area contributed by atoms with Gasteiger partial charge in [-0.1, -0.05) is 56.3 Å². The molecule has 1 aliphatic heterocycles. The first-order valence-electron chi connectivity index (χ1n) is 9.17. The quantitative estimate of drug-likeness (QED) is 0.785. The number of amides is 2. The number of hydrogen-bond donors (Lipinski definition) is 2. The summed E-state index contributed by atoms with van der Waals surface area (Å²) in [6.45, 7) is 7.65. The number of rotatable bonds is 7. The third kappa shape index (κ3) is 6.52. The van der Waals surface area contributed by atoms with Crippen molar-refractivity contribution in [2.45, 2.75) is 26.3 Å². The van der Waals surface area contributed by atoms with Crippen LogP contribution in [0, 0.1) is 5.92 Å². The summed E-state index contributed by atoms with van der Waals surface area (Å²) >= 11 is 0. The highest BCUT2D eigenvalue weighted by Crippen LogP contribution is 2.09. The van der Waals surface area contributed by atoms with Crippen molar-refractivity contribution < 1.29 is 14.7 Å².